The highest BCUT2D eigenvalue weighted by Gasteiger charge is 2.53. The first-order valence-corrected chi connectivity index (χ1v) is 7.24. The van der Waals surface area contributed by atoms with Crippen LogP contribution in [0.2, 0.25) is 0 Å². The molecule has 1 saturated heterocycles. The number of benzene rings is 1. The molecule has 0 aromatic heterocycles. The fourth-order valence-corrected chi connectivity index (χ4v) is 3.33. The van der Waals surface area contributed by atoms with Gasteiger partial charge in [-0.3, -0.25) is 9.69 Å². The minimum absolute atomic E-state index is 0.0126. The maximum atomic E-state index is 13.1. The Morgan fingerprint density at radius 2 is 2.14 bits per heavy atom. The van der Waals surface area contributed by atoms with Crippen LogP contribution >= 0.6 is 0 Å². The number of anilines is 1. The highest BCUT2D eigenvalue weighted by Crippen LogP contribution is 2.46. The zero-order valence-corrected chi connectivity index (χ0v) is 12.1. The van der Waals surface area contributed by atoms with Gasteiger partial charge in [-0.25, -0.2) is 0 Å². The van der Waals surface area contributed by atoms with E-state index in [9.17, 15) is 23.1 Å². The van der Waals surface area contributed by atoms with E-state index in [0.717, 1.165) is 18.9 Å². The second-order valence-corrected chi connectivity index (χ2v) is 6.05. The molecule has 1 aromatic rings. The summed E-state index contributed by atoms with van der Waals surface area (Å²) in [5.74, 6) is -0.534. The standard InChI is InChI=1S/C15H17F3N2O2/c1-9-4-3-7-20(8-9)14(22)10-5-2-6-11(15(16,17)18)12(10)19-13(14)21/h2,5-6,9,22H,3-4,7-8H2,1H3,(H,19,21)/t9-,14+/m1/s1. The molecule has 0 spiro atoms. The monoisotopic (exact) mass is 314 g/mol. The third-order valence-corrected chi connectivity index (χ3v) is 4.42. The van der Waals surface area contributed by atoms with E-state index < -0.39 is 23.4 Å². The molecule has 1 aromatic carbocycles. The van der Waals surface area contributed by atoms with Gasteiger partial charge in [0.25, 0.3) is 5.91 Å². The highest BCUT2D eigenvalue weighted by molar-refractivity contribution is 6.05. The van der Waals surface area contributed by atoms with Crippen LogP contribution in [-0.2, 0) is 16.7 Å². The van der Waals surface area contributed by atoms with Crippen molar-refractivity contribution in [3.8, 4) is 0 Å². The summed E-state index contributed by atoms with van der Waals surface area (Å²) >= 11 is 0. The van der Waals surface area contributed by atoms with Crippen molar-refractivity contribution < 1.29 is 23.1 Å². The topological polar surface area (TPSA) is 52.6 Å². The lowest BCUT2D eigenvalue weighted by atomic mass is 9.93. The molecule has 22 heavy (non-hydrogen) atoms. The Morgan fingerprint density at radius 3 is 2.77 bits per heavy atom. The van der Waals surface area contributed by atoms with E-state index in [0.29, 0.717) is 13.1 Å². The zero-order chi connectivity index (χ0) is 16.1. The Balaban J connectivity index is 2.08. The summed E-state index contributed by atoms with van der Waals surface area (Å²) in [5.41, 5.74) is -3.30. The Hall–Kier alpha value is -1.60. The molecule has 0 saturated carbocycles. The Kier molecular flexibility index (Phi) is 3.45. The van der Waals surface area contributed by atoms with Crippen molar-refractivity contribution in [2.75, 3.05) is 18.4 Å². The molecule has 4 nitrogen and oxygen atoms in total. The fourth-order valence-electron chi connectivity index (χ4n) is 3.33. The average molecular weight is 314 g/mol. The molecule has 3 rings (SSSR count). The molecule has 0 bridgehead atoms. The first-order chi connectivity index (χ1) is 10.2. The number of nitrogens with one attached hydrogen (secondary N) is 1. The number of para-hydroxylation sites is 1. The van der Waals surface area contributed by atoms with Crippen LogP contribution in [-0.4, -0.2) is 29.0 Å². The second kappa shape index (κ2) is 4.96. The number of amides is 1. The van der Waals surface area contributed by atoms with Gasteiger partial charge in [-0.1, -0.05) is 19.1 Å². The van der Waals surface area contributed by atoms with Gasteiger partial charge < -0.3 is 10.4 Å². The van der Waals surface area contributed by atoms with Crippen molar-refractivity contribution in [3.05, 3.63) is 29.3 Å². The van der Waals surface area contributed by atoms with Crippen molar-refractivity contribution in [3.63, 3.8) is 0 Å². The van der Waals surface area contributed by atoms with Crippen LogP contribution in [0.4, 0.5) is 18.9 Å². The number of hydrogen-bond acceptors (Lipinski definition) is 3. The van der Waals surface area contributed by atoms with Gasteiger partial charge in [0, 0.05) is 18.7 Å². The van der Waals surface area contributed by atoms with Gasteiger partial charge >= 0.3 is 6.18 Å². The predicted molar refractivity (Wildman–Crippen MR) is 73.9 cm³/mol. The minimum atomic E-state index is -4.58. The largest absolute Gasteiger partial charge is 0.418 e. The predicted octanol–water partition coefficient (Wildman–Crippen LogP) is 2.53. The van der Waals surface area contributed by atoms with E-state index in [1.807, 2.05) is 6.92 Å². The first-order valence-electron chi connectivity index (χ1n) is 7.24. The summed E-state index contributed by atoms with van der Waals surface area (Å²) in [4.78, 5) is 13.8. The molecule has 1 amide bonds. The number of piperidine rings is 1. The van der Waals surface area contributed by atoms with Crippen LogP contribution in [0, 0.1) is 5.92 Å². The summed E-state index contributed by atoms with van der Waals surface area (Å²) in [6.45, 7) is 2.94. The molecule has 0 radical (unpaired) electrons. The van der Waals surface area contributed by atoms with Crippen LogP contribution in [0.1, 0.15) is 30.9 Å². The van der Waals surface area contributed by atoms with Gasteiger partial charge in [0.2, 0.25) is 5.72 Å². The summed E-state index contributed by atoms with van der Waals surface area (Å²) in [6, 6.07) is 3.51. The lowest BCUT2D eigenvalue weighted by Crippen LogP contribution is -2.54. The van der Waals surface area contributed by atoms with Crippen LogP contribution in [0.25, 0.3) is 0 Å². The summed E-state index contributed by atoms with van der Waals surface area (Å²) < 4.78 is 39.2. The number of carbonyl (C=O) groups is 1. The Morgan fingerprint density at radius 1 is 1.41 bits per heavy atom. The van der Waals surface area contributed by atoms with Crippen molar-refractivity contribution in [2.24, 2.45) is 5.92 Å². The van der Waals surface area contributed by atoms with Crippen molar-refractivity contribution >= 4 is 11.6 Å². The number of alkyl halides is 3. The lowest BCUT2D eigenvalue weighted by molar-refractivity contribution is -0.163. The summed E-state index contributed by atoms with van der Waals surface area (Å²) in [7, 11) is 0. The molecular weight excluding hydrogens is 297 g/mol. The molecule has 0 aliphatic carbocycles. The average Bonchev–Trinajstić information content (AvgIpc) is 2.71. The molecule has 2 aliphatic heterocycles. The molecule has 0 unspecified atom stereocenters. The number of carbonyl (C=O) groups excluding carboxylic acids is 1. The van der Waals surface area contributed by atoms with Crippen LogP contribution in [0.15, 0.2) is 18.2 Å². The van der Waals surface area contributed by atoms with Crippen molar-refractivity contribution in [1.82, 2.24) is 4.90 Å². The number of aliphatic hydroxyl groups is 1. The lowest BCUT2D eigenvalue weighted by Gasteiger charge is -2.39. The maximum absolute atomic E-state index is 13.1. The number of hydrogen-bond donors (Lipinski definition) is 2. The molecule has 120 valence electrons. The van der Waals surface area contributed by atoms with Gasteiger partial charge in [0.1, 0.15) is 0 Å². The smallest absolute Gasteiger partial charge is 0.364 e. The van der Waals surface area contributed by atoms with E-state index in [1.165, 1.54) is 12.1 Å². The molecule has 2 heterocycles. The fraction of sp³-hybridized carbons (Fsp3) is 0.533. The second-order valence-electron chi connectivity index (χ2n) is 6.05. The quantitative estimate of drug-likeness (QED) is 0.837. The van der Waals surface area contributed by atoms with Crippen LogP contribution in [0.3, 0.4) is 0 Å². The molecule has 7 heteroatoms. The number of fused-ring (bicyclic) bond motifs is 1. The normalized spacial score (nSPS) is 29.3. The number of likely N-dealkylation sites (tertiary alicyclic amines) is 1. The molecule has 1 fully saturated rings. The number of halogens is 3. The Labute approximate surface area is 125 Å². The van der Waals surface area contributed by atoms with Crippen LogP contribution < -0.4 is 5.32 Å². The molecular formula is C15H17F3N2O2. The van der Waals surface area contributed by atoms with Crippen molar-refractivity contribution in [2.45, 2.75) is 31.7 Å². The van der Waals surface area contributed by atoms with E-state index in [4.69, 9.17) is 0 Å². The third kappa shape index (κ3) is 2.19. The first kappa shape index (κ1) is 15.3. The molecule has 2 N–H and O–H groups in total. The van der Waals surface area contributed by atoms with Gasteiger partial charge in [0.15, 0.2) is 0 Å². The minimum Gasteiger partial charge on any atom is -0.364 e. The Bertz CT molecular complexity index is 617. The zero-order valence-electron chi connectivity index (χ0n) is 12.1. The highest BCUT2D eigenvalue weighted by atomic mass is 19.4. The molecule has 2 atom stereocenters. The third-order valence-electron chi connectivity index (χ3n) is 4.42. The van der Waals surface area contributed by atoms with Crippen molar-refractivity contribution in [1.29, 1.82) is 0 Å². The van der Waals surface area contributed by atoms with Gasteiger partial charge in [-0.05, 0) is 24.8 Å². The van der Waals surface area contributed by atoms with E-state index in [1.54, 1.807) is 4.90 Å². The summed E-state index contributed by atoms with van der Waals surface area (Å²) in [6.07, 6.45) is -2.81. The number of nitrogens with zero attached hydrogens (tertiary/aromatic N) is 1. The maximum Gasteiger partial charge on any atom is 0.418 e. The summed E-state index contributed by atoms with van der Waals surface area (Å²) in [5, 5.41) is 13.1. The van der Waals surface area contributed by atoms with E-state index >= 15 is 0 Å². The number of rotatable bonds is 1. The van der Waals surface area contributed by atoms with E-state index in [2.05, 4.69) is 5.32 Å². The van der Waals surface area contributed by atoms with Crippen LogP contribution in [0.5, 0.6) is 0 Å². The molecule has 2 aliphatic rings. The van der Waals surface area contributed by atoms with E-state index in [-0.39, 0.29) is 17.2 Å². The van der Waals surface area contributed by atoms with Gasteiger partial charge in [-0.2, -0.15) is 13.2 Å². The van der Waals surface area contributed by atoms with Gasteiger partial charge in [-0.15, -0.1) is 0 Å². The SMILES string of the molecule is C[C@@H]1CCCN([C@@]2(O)C(=O)Nc3c(C(F)(F)F)cccc32)C1. The van der Waals surface area contributed by atoms with Gasteiger partial charge in [0.05, 0.1) is 11.3 Å².